The van der Waals surface area contributed by atoms with Crippen LogP contribution in [-0.4, -0.2) is 60.6 Å². The van der Waals surface area contributed by atoms with Crippen LogP contribution in [0, 0.1) is 21.7 Å². The van der Waals surface area contributed by atoms with Crippen molar-refractivity contribution >= 4 is 23.8 Å². The number of amidine groups is 1. The molecule has 3 rings (SSSR count). The van der Waals surface area contributed by atoms with Crippen LogP contribution in [0.25, 0.3) is 0 Å². The highest BCUT2D eigenvalue weighted by atomic mass is 19.1. The monoisotopic (exact) mass is 507 g/mol. The number of ether oxygens (including phenoxy) is 4. The summed E-state index contributed by atoms with van der Waals surface area (Å²) in [5, 5.41) is 21.2. The average molecular weight is 507 g/mol. The third-order valence-corrected chi connectivity index (χ3v) is 4.92. The Kier molecular flexibility index (Phi) is 7.91. The van der Waals surface area contributed by atoms with Crippen molar-refractivity contribution in [3.63, 3.8) is 0 Å². The van der Waals surface area contributed by atoms with Crippen LogP contribution in [0.2, 0.25) is 0 Å². The molecule has 1 amide bonds. The fourth-order valence-electron chi connectivity index (χ4n) is 3.38. The lowest BCUT2D eigenvalue weighted by Gasteiger charge is -2.35. The number of nitro benzene ring substituents is 1. The van der Waals surface area contributed by atoms with Gasteiger partial charge in [0.2, 0.25) is 0 Å². The molecule has 1 heterocycles. The van der Waals surface area contributed by atoms with E-state index >= 15 is 0 Å². The zero-order valence-corrected chi connectivity index (χ0v) is 19.0. The third-order valence-electron chi connectivity index (χ3n) is 4.92. The van der Waals surface area contributed by atoms with Crippen LogP contribution in [-0.2, 0) is 19.0 Å². The van der Waals surface area contributed by atoms with E-state index < -0.39 is 58.2 Å². The molecule has 0 bridgehead atoms. The molecule has 36 heavy (non-hydrogen) atoms. The number of carbonyl (C=O) groups excluding carboxylic acids is 2. The van der Waals surface area contributed by atoms with Gasteiger partial charge in [-0.2, -0.15) is 4.99 Å². The van der Waals surface area contributed by atoms with E-state index in [-0.39, 0.29) is 17.0 Å². The number of amides is 1. The van der Waals surface area contributed by atoms with Crippen molar-refractivity contribution in [2.45, 2.75) is 12.3 Å². The van der Waals surface area contributed by atoms with Gasteiger partial charge in [-0.3, -0.25) is 10.1 Å². The molecular formula is C22H19F2N3O9. The molecule has 1 aliphatic heterocycles. The van der Waals surface area contributed by atoms with Gasteiger partial charge in [-0.1, -0.05) is 0 Å². The highest BCUT2D eigenvalue weighted by Gasteiger charge is 2.44. The topological polar surface area (TPSA) is 150 Å². The maximum Gasteiger partial charge on any atom is 0.424 e. The van der Waals surface area contributed by atoms with Crippen molar-refractivity contribution in [3.05, 3.63) is 81.0 Å². The molecule has 1 aliphatic rings. The summed E-state index contributed by atoms with van der Waals surface area (Å²) >= 11 is 0. The molecule has 12 nitrogen and oxygen atoms in total. The van der Waals surface area contributed by atoms with Gasteiger partial charge in [0.15, 0.2) is 6.29 Å². The predicted octanol–water partition coefficient (Wildman–Crippen LogP) is 2.82. The molecule has 0 spiro atoms. The molecule has 0 saturated carbocycles. The van der Waals surface area contributed by atoms with Crippen molar-refractivity contribution in [2.24, 2.45) is 4.99 Å². The Morgan fingerprint density at radius 3 is 2.22 bits per heavy atom. The molecule has 2 aromatic rings. The van der Waals surface area contributed by atoms with Crippen molar-refractivity contribution in [1.82, 2.24) is 4.90 Å². The van der Waals surface area contributed by atoms with Gasteiger partial charge in [0.25, 0.3) is 5.69 Å². The van der Waals surface area contributed by atoms with Gasteiger partial charge in [-0.15, -0.1) is 0 Å². The number of carbonyl (C=O) groups is 2. The van der Waals surface area contributed by atoms with Gasteiger partial charge in [0.1, 0.15) is 29.1 Å². The number of aliphatic hydroxyl groups is 1. The quantitative estimate of drug-likeness (QED) is 0.269. The second-order valence-corrected chi connectivity index (χ2v) is 7.07. The summed E-state index contributed by atoms with van der Waals surface area (Å²) in [4.78, 5) is 40.9. The van der Waals surface area contributed by atoms with Crippen LogP contribution in [0.4, 0.5) is 19.3 Å². The summed E-state index contributed by atoms with van der Waals surface area (Å²) in [6, 6.07) is 4.50. The molecule has 190 valence electrons. The van der Waals surface area contributed by atoms with Crippen LogP contribution in [0.3, 0.4) is 0 Å². The fraction of sp³-hybridized carbons (Fsp3) is 0.227. The number of nitrogens with zero attached hydrogens (tertiary/aromatic N) is 3. The Balaban J connectivity index is 2.19. The number of esters is 1. The number of halogens is 2. The smallest absolute Gasteiger partial charge is 0.424 e. The van der Waals surface area contributed by atoms with Crippen LogP contribution in [0.5, 0.6) is 5.75 Å². The highest BCUT2D eigenvalue weighted by Crippen LogP contribution is 2.38. The molecule has 2 atom stereocenters. The molecule has 0 radical (unpaired) electrons. The van der Waals surface area contributed by atoms with E-state index in [0.717, 1.165) is 57.7 Å². The maximum absolute atomic E-state index is 14.2. The predicted molar refractivity (Wildman–Crippen MR) is 117 cm³/mol. The number of aliphatic hydroxyl groups excluding tert-OH is 1. The summed E-state index contributed by atoms with van der Waals surface area (Å²) in [6.45, 7) is 0. The van der Waals surface area contributed by atoms with Crippen molar-refractivity contribution in [1.29, 1.82) is 0 Å². The van der Waals surface area contributed by atoms with Crippen LogP contribution < -0.4 is 4.74 Å². The van der Waals surface area contributed by atoms with E-state index in [1.165, 1.54) is 0 Å². The standard InChI is InChI=1S/C22H19F2N3O9/c1-33-19(28)16-17(20(29)34-2)25-21(35-3)26(18(16)11-8-12(23)10-13(24)9-11)22(30)36-15-6-4-14(5-7-15)27(31)32/h4-10,18,20,29H,1-3H3. The first kappa shape index (κ1) is 26.2. The number of hydrogen-bond acceptors (Lipinski definition) is 10. The van der Waals surface area contributed by atoms with Gasteiger partial charge in [-0.05, 0) is 29.8 Å². The second-order valence-electron chi connectivity index (χ2n) is 7.07. The number of benzene rings is 2. The molecule has 2 aromatic carbocycles. The summed E-state index contributed by atoms with van der Waals surface area (Å²) in [5.74, 6) is -3.32. The summed E-state index contributed by atoms with van der Waals surface area (Å²) in [6.07, 6.45) is -3.07. The normalized spacial score (nSPS) is 16.2. The molecule has 0 saturated heterocycles. The van der Waals surface area contributed by atoms with E-state index in [1.54, 1.807) is 0 Å². The minimum atomic E-state index is -1.82. The van der Waals surface area contributed by atoms with Gasteiger partial charge < -0.3 is 24.1 Å². The number of rotatable bonds is 6. The highest BCUT2D eigenvalue weighted by molar-refractivity contribution is 6.00. The van der Waals surface area contributed by atoms with E-state index in [0.29, 0.717) is 11.0 Å². The number of nitro groups is 1. The van der Waals surface area contributed by atoms with Crippen molar-refractivity contribution < 1.29 is 47.3 Å². The summed E-state index contributed by atoms with van der Waals surface area (Å²) in [5.41, 5.74) is -1.48. The minimum absolute atomic E-state index is 0.142. The van der Waals surface area contributed by atoms with E-state index in [4.69, 9.17) is 18.9 Å². The Labute approximate surface area is 202 Å². The van der Waals surface area contributed by atoms with Gasteiger partial charge in [-0.25, -0.2) is 23.3 Å². The molecule has 2 unspecified atom stereocenters. The lowest BCUT2D eigenvalue weighted by atomic mass is 9.94. The number of hydrogen-bond donors (Lipinski definition) is 1. The molecular weight excluding hydrogens is 488 g/mol. The Morgan fingerprint density at radius 1 is 1.11 bits per heavy atom. The van der Waals surface area contributed by atoms with E-state index in [9.17, 15) is 33.6 Å². The van der Waals surface area contributed by atoms with E-state index in [1.807, 2.05) is 0 Å². The molecule has 0 aromatic heterocycles. The first-order valence-corrected chi connectivity index (χ1v) is 9.98. The summed E-state index contributed by atoms with van der Waals surface area (Å²) < 4.78 is 48.4. The number of methoxy groups -OCH3 is 3. The molecule has 0 aliphatic carbocycles. The number of non-ortho nitro benzene ring substituents is 1. The second kappa shape index (κ2) is 10.9. The average Bonchev–Trinajstić information content (AvgIpc) is 2.86. The first-order chi connectivity index (χ1) is 17.1. The number of aliphatic imine (C=N–C) groups is 1. The lowest BCUT2D eigenvalue weighted by Crippen LogP contribution is -2.47. The van der Waals surface area contributed by atoms with Crippen LogP contribution in [0.1, 0.15) is 11.6 Å². The van der Waals surface area contributed by atoms with E-state index in [2.05, 4.69) is 4.99 Å². The molecule has 1 N–H and O–H groups in total. The molecule has 0 fully saturated rings. The minimum Gasteiger partial charge on any atom is -0.468 e. The third kappa shape index (κ3) is 5.29. The van der Waals surface area contributed by atoms with Gasteiger partial charge in [0.05, 0.1) is 24.7 Å². The largest absolute Gasteiger partial charge is 0.468 e. The lowest BCUT2D eigenvalue weighted by molar-refractivity contribution is -0.384. The SMILES string of the molecule is COC(=O)C1=C(C(O)OC)N=C(OC)N(C(=O)Oc2ccc([N+](=O)[O-])cc2)C1c1cc(F)cc(F)c1. The fourth-order valence-corrected chi connectivity index (χ4v) is 3.38. The maximum atomic E-state index is 14.2. The first-order valence-electron chi connectivity index (χ1n) is 9.98. The molecule has 14 heteroatoms. The van der Waals surface area contributed by atoms with Crippen molar-refractivity contribution in [2.75, 3.05) is 21.3 Å². The zero-order valence-electron chi connectivity index (χ0n) is 19.0. The zero-order chi connectivity index (χ0) is 26.6. The van der Waals surface area contributed by atoms with Crippen molar-refractivity contribution in [3.8, 4) is 5.75 Å². The van der Waals surface area contributed by atoms with Crippen LogP contribution in [0.15, 0.2) is 58.7 Å². The Bertz CT molecular complexity index is 1230. The van der Waals surface area contributed by atoms with Gasteiger partial charge >= 0.3 is 18.1 Å². The Hall–Kier alpha value is -4.43. The summed E-state index contributed by atoms with van der Waals surface area (Å²) in [7, 11) is 3.21. The Morgan fingerprint density at radius 2 is 1.72 bits per heavy atom. The van der Waals surface area contributed by atoms with Gasteiger partial charge in [0, 0.05) is 25.3 Å². The van der Waals surface area contributed by atoms with Crippen LogP contribution >= 0.6 is 0 Å².